The van der Waals surface area contributed by atoms with E-state index in [1.807, 2.05) is 12.1 Å². The van der Waals surface area contributed by atoms with Crippen LogP contribution in [0.15, 0.2) is 47.6 Å². The second kappa shape index (κ2) is 6.54. The first-order valence-electron chi connectivity index (χ1n) is 8.14. The van der Waals surface area contributed by atoms with Crippen molar-refractivity contribution in [2.75, 3.05) is 38.2 Å². The number of fused-ring (bicyclic) bond motifs is 1. The van der Waals surface area contributed by atoms with Crippen LogP contribution in [0.5, 0.6) is 5.75 Å². The lowest BCUT2D eigenvalue weighted by Crippen LogP contribution is -2.49. The van der Waals surface area contributed by atoms with Gasteiger partial charge in [-0.2, -0.15) is 8.82 Å². The second-order valence-corrected chi connectivity index (χ2v) is 7.83. The molecule has 0 bridgehead atoms. The molecule has 3 aromatic rings. The summed E-state index contributed by atoms with van der Waals surface area (Å²) in [6.45, 7) is 1.93. The third-order valence-electron chi connectivity index (χ3n) is 4.41. The summed E-state index contributed by atoms with van der Waals surface area (Å²) in [4.78, 5) is 2.33. The van der Waals surface area contributed by atoms with Crippen LogP contribution in [0.4, 0.5) is 5.82 Å². The number of hydrogen-bond donors (Lipinski definition) is 0. The Morgan fingerprint density at radius 2 is 1.73 bits per heavy atom. The summed E-state index contributed by atoms with van der Waals surface area (Å²) in [7, 11) is -1.96. The fourth-order valence-electron chi connectivity index (χ4n) is 2.94. The fraction of sp³-hybridized carbons (Fsp3) is 0.312. The number of rotatable bonds is 4. The second-order valence-electron chi connectivity index (χ2n) is 5.89. The van der Waals surface area contributed by atoms with E-state index in [1.54, 1.807) is 42.2 Å². The Bertz CT molecular complexity index is 1010. The highest BCUT2D eigenvalue weighted by atomic mass is 32.2. The molecule has 3 heterocycles. The SMILES string of the molecule is COc1ccc(S(=O)(=O)N2CCN(c3ccc4nncn4n3)CC2)cc1. The smallest absolute Gasteiger partial charge is 0.243 e. The van der Waals surface area contributed by atoms with Gasteiger partial charge in [0.15, 0.2) is 5.65 Å². The van der Waals surface area contributed by atoms with Crippen LogP contribution >= 0.6 is 0 Å². The average molecular weight is 374 g/mol. The summed E-state index contributed by atoms with van der Waals surface area (Å²) < 4.78 is 33.8. The first-order valence-corrected chi connectivity index (χ1v) is 9.58. The number of methoxy groups -OCH3 is 1. The van der Waals surface area contributed by atoms with Crippen molar-refractivity contribution in [2.24, 2.45) is 0 Å². The Kier molecular flexibility index (Phi) is 4.21. The summed E-state index contributed by atoms with van der Waals surface area (Å²) in [5.74, 6) is 1.41. The van der Waals surface area contributed by atoms with Gasteiger partial charge in [0.25, 0.3) is 0 Å². The van der Waals surface area contributed by atoms with Crippen molar-refractivity contribution in [3.8, 4) is 5.75 Å². The molecule has 0 radical (unpaired) electrons. The van der Waals surface area contributed by atoms with Gasteiger partial charge < -0.3 is 9.64 Å². The molecule has 0 saturated carbocycles. The van der Waals surface area contributed by atoms with Crippen molar-refractivity contribution >= 4 is 21.5 Å². The van der Waals surface area contributed by atoms with Crippen LogP contribution in [-0.4, -0.2) is 65.8 Å². The minimum atomic E-state index is -3.51. The Hall–Kier alpha value is -2.72. The van der Waals surface area contributed by atoms with Gasteiger partial charge >= 0.3 is 0 Å². The molecule has 1 aliphatic heterocycles. The van der Waals surface area contributed by atoms with Gasteiger partial charge in [0, 0.05) is 26.2 Å². The largest absolute Gasteiger partial charge is 0.497 e. The maximum atomic E-state index is 12.8. The van der Waals surface area contributed by atoms with E-state index < -0.39 is 10.0 Å². The Balaban J connectivity index is 1.48. The minimum Gasteiger partial charge on any atom is -0.497 e. The van der Waals surface area contributed by atoms with Gasteiger partial charge in [-0.1, -0.05) is 0 Å². The zero-order chi connectivity index (χ0) is 18.1. The van der Waals surface area contributed by atoms with Gasteiger partial charge in [-0.25, -0.2) is 8.42 Å². The van der Waals surface area contributed by atoms with Crippen LogP contribution < -0.4 is 9.64 Å². The molecule has 0 N–H and O–H groups in total. The fourth-order valence-corrected chi connectivity index (χ4v) is 4.36. The number of sulfonamides is 1. The summed E-state index contributed by atoms with van der Waals surface area (Å²) in [6, 6.07) is 10.2. The highest BCUT2D eigenvalue weighted by Crippen LogP contribution is 2.22. The molecule has 1 aromatic carbocycles. The van der Waals surface area contributed by atoms with Gasteiger partial charge in [0.1, 0.15) is 17.9 Å². The zero-order valence-electron chi connectivity index (χ0n) is 14.2. The number of anilines is 1. The van der Waals surface area contributed by atoms with E-state index in [4.69, 9.17) is 4.74 Å². The van der Waals surface area contributed by atoms with Crippen LogP contribution in [0.2, 0.25) is 0 Å². The van der Waals surface area contributed by atoms with E-state index in [-0.39, 0.29) is 4.90 Å². The van der Waals surface area contributed by atoms with Crippen LogP contribution in [0.3, 0.4) is 0 Å². The van der Waals surface area contributed by atoms with Crippen LogP contribution in [-0.2, 0) is 10.0 Å². The number of nitrogens with zero attached hydrogens (tertiary/aromatic N) is 6. The molecule has 0 atom stereocenters. The number of aromatic nitrogens is 4. The highest BCUT2D eigenvalue weighted by Gasteiger charge is 2.29. The predicted octanol–water partition coefficient (Wildman–Crippen LogP) is 0.644. The van der Waals surface area contributed by atoms with E-state index in [1.165, 1.54) is 4.31 Å². The lowest BCUT2D eigenvalue weighted by atomic mass is 10.3. The molecule has 0 aliphatic carbocycles. The van der Waals surface area contributed by atoms with E-state index in [0.29, 0.717) is 37.6 Å². The van der Waals surface area contributed by atoms with E-state index in [9.17, 15) is 8.42 Å². The molecular weight excluding hydrogens is 356 g/mol. The molecular formula is C16H18N6O3S. The lowest BCUT2D eigenvalue weighted by Gasteiger charge is -2.34. The molecule has 9 nitrogen and oxygen atoms in total. The standard InChI is InChI=1S/C16H18N6O3S/c1-25-13-2-4-14(5-3-13)26(23,24)21-10-8-20(9-11-21)16-7-6-15-18-17-12-22(15)19-16/h2-7,12H,8-11H2,1H3. The van der Waals surface area contributed by atoms with Crippen LogP contribution in [0, 0.1) is 0 Å². The Morgan fingerprint density at radius 1 is 1.00 bits per heavy atom. The zero-order valence-corrected chi connectivity index (χ0v) is 15.0. The topological polar surface area (TPSA) is 92.9 Å². The van der Waals surface area contributed by atoms with Crippen molar-refractivity contribution in [1.29, 1.82) is 0 Å². The highest BCUT2D eigenvalue weighted by molar-refractivity contribution is 7.89. The molecule has 10 heteroatoms. The third-order valence-corrected chi connectivity index (χ3v) is 6.32. The van der Waals surface area contributed by atoms with Crippen molar-refractivity contribution in [2.45, 2.75) is 4.90 Å². The summed E-state index contributed by atoms with van der Waals surface area (Å²) in [5, 5.41) is 12.2. The Labute approximate surface area is 150 Å². The van der Waals surface area contributed by atoms with Crippen LogP contribution in [0.1, 0.15) is 0 Å². The number of piperazine rings is 1. The molecule has 26 heavy (non-hydrogen) atoms. The molecule has 0 spiro atoms. The molecule has 0 amide bonds. The molecule has 4 rings (SSSR count). The summed E-state index contributed by atoms with van der Waals surface area (Å²) in [6.07, 6.45) is 1.54. The summed E-state index contributed by atoms with van der Waals surface area (Å²) >= 11 is 0. The van der Waals surface area contributed by atoms with Gasteiger partial charge in [-0.05, 0) is 36.4 Å². The molecule has 0 unspecified atom stereocenters. The number of ether oxygens (including phenoxy) is 1. The van der Waals surface area contributed by atoms with Gasteiger partial charge in [-0.15, -0.1) is 15.3 Å². The van der Waals surface area contributed by atoms with E-state index in [0.717, 1.165) is 5.82 Å². The maximum Gasteiger partial charge on any atom is 0.243 e. The first-order chi connectivity index (χ1) is 12.6. The molecule has 1 saturated heterocycles. The van der Waals surface area contributed by atoms with E-state index in [2.05, 4.69) is 20.2 Å². The summed E-state index contributed by atoms with van der Waals surface area (Å²) in [5.41, 5.74) is 0.675. The molecule has 2 aromatic heterocycles. The monoisotopic (exact) mass is 374 g/mol. The number of hydrogen-bond acceptors (Lipinski definition) is 7. The molecule has 1 aliphatic rings. The molecule has 1 fully saturated rings. The van der Waals surface area contributed by atoms with Crippen molar-refractivity contribution < 1.29 is 13.2 Å². The Morgan fingerprint density at radius 3 is 2.42 bits per heavy atom. The first kappa shape index (κ1) is 16.7. The molecule has 136 valence electrons. The van der Waals surface area contributed by atoms with Gasteiger partial charge in [0.05, 0.1) is 12.0 Å². The maximum absolute atomic E-state index is 12.8. The normalized spacial score (nSPS) is 16.1. The lowest BCUT2D eigenvalue weighted by molar-refractivity contribution is 0.383. The average Bonchev–Trinajstić information content (AvgIpc) is 3.16. The van der Waals surface area contributed by atoms with E-state index >= 15 is 0 Å². The van der Waals surface area contributed by atoms with Crippen molar-refractivity contribution in [3.63, 3.8) is 0 Å². The quantitative estimate of drug-likeness (QED) is 0.662. The van der Waals surface area contributed by atoms with Crippen molar-refractivity contribution in [1.82, 2.24) is 24.1 Å². The van der Waals surface area contributed by atoms with Gasteiger partial charge in [0.2, 0.25) is 10.0 Å². The van der Waals surface area contributed by atoms with Gasteiger partial charge in [-0.3, -0.25) is 0 Å². The predicted molar refractivity (Wildman–Crippen MR) is 94.7 cm³/mol. The van der Waals surface area contributed by atoms with Crippen molar-refractivity contribution in [3.05, 3.63) is 42.7 Å². The van der Waals surface area contributed by atoms with Crippen LogP contribution in [0.25, 0.3) is 5.65 Å². The number of benzene rings is 1. The third kappa shape index (κ3) is 2.97. The minimum absolute atomic E-state index is 0.274.